The summed E-state index contributed by atoms with van der Waals surface area (Å²) in [6.45, 7) is 0. The monoisotopic (exact) mass is 485 g/mol. The lowest BCUT2D eigenvalue weighted by molar-refractivity contribution is 1.01. The first-order chi connectivity index (χ1) is 18.8. The fourth-order valence-electron chi connectivity index (χ4n) is 5.94. The molecule has 178 valence electrons. The molecule has 0 amide bonds. The SMILES string of the molecule is Cn1c2ccccc2c2ccc(-c3ccc(-c4cnc5c6ccccc6c6ccccc6c5n4)cc3)cc21. The first-order valence-corrected chi connectivity index (χ1v) is 12.9. The van der Waals surface area contributed by atoms with E-state index in [1.54, 1.807) is 0 Å². The van der Waals surface area contributed by atoms with E-state index in [-0.39, 0.29) is 0 Å². The van der Waals surface area contributed by atoms with Gasteiger partial charge in [0.2, 0.25) is 0 Å². The molecule has 0 spiro atoms. The van der Waals surface area contributed by atoms with Gasteiger partial charge in [0, 0.05) is 45.2 Å². The van der Waals surface area contributed by atoms with Crippen LogP contribution in [0, 0.1) is 0 Å². The summed E-state index contributed by atoms with van der Waals surface area (Å²) in [7, 11) is 2.14. The molecular formula is C35H23N3. The van der Waals surface area contributed by atoms with Gasteiger partial charge in [-0.15, -0.1) is 0 Å². The summed E-state index contributed by atoms with van der Waals surface area (Å²) in [5.74, 6) is 0. The smallest absolute Gasteiger partial charge is 0.0979 e. The third-order valence-corrected chi connectivity index (χ3v) is 7.86. The quantitative estimate of drug-likeness (QED) is 0.229. The molecule has 0 saturated heterocycles. The molecule has 0 saturated carbocycles. The van der Waals surface area contributed by atoms with Gasteiger partial charge in [0.25, 0.3) is 0 Å². The van der Waals surface area contributed by atoms with Crippen molar-refractivity contribution in [1.82, 2.24) is 14.5 Å². The summed E-state index contributed by atoms with van der Waals surface area (Å²) >= 11 is 0. The molecule has 0 atom stereocenters. The second-order valence-electron chi connectivity index (χ2n) is 9.93. The van der Waals surface area contributed by atoms with Gasteiger partial charge in [0.1, 0.15) is 0 Å². The Morgan fingerprint density at radius 3 is 1.76 bits per heavy atom. The van der Waals surface area contributed by atoms with Crippen LogP contribution in [0.25, 0.3) is 76.8 Å². The van der Waals surface area contributed by atoms with Gasteiger partial charge in [-0.3, -0.25) is 4.98 Å². The molecule has 3 nitrogen and oxygen atoms in total. The van der Waals surface area contributed by atoms with Crippen LogP contribution in [0.5, 0.6) is 0 Å². The highest BCUT2D eigenvalue weighted by Crippen LogP contribution is 2.35. The van der Waals surface area contributed by atoms with Crippen molar-refractivity contribution in [2.45, 2.75) is 0 Å². The Balaban J connectivity index is 1.24. The van der Waals surface area contributed by atoms with Crippen LogP contribution >= 0.6 is 0 Å². The fraction of sp³-hybridized carbons (Fsp3) is 0.0286. The Bertz CT molecular complexity index is 2150. The summed E-state index contributed by atoms with van der Waals surface area (Å²) in [6.07, 6.45) is 1.90. The summed E-state index contributed by atoms with van der Waals surface area (Å²) < 4.78 is 2.28. The third-order valence-electron chi connectivity index (χ3n) is 7.86. The van der Waals surface area contributed by atoms with Crippen molar-refractivity contribution in [3.05, 3.63) is 121 Å². The minimum atomic E-state index is 0.883. The lowest BCUT2D eigenvalue weighted by Crippen LogP contribution is -1.92. The van der Waals surface area contributed by atoms with Crippen LogP contribution in [0.1, 0.15) is 0 Å². The highest BCUT2D eigenvalue weighted by atomic mass is 14.9. The minimum absolute atomic E-state index is 0.883. The van der Waals surface area contributed by atoms with Gasteiger partial charge in [0.05, 0.1) is 22.9 Å². The van der Waals surface area contributed by atoms with Crippen molar-refractivity contribution in [2.24, 2.45) is 7.05 Å². The van der Waals surface area contributed by atoms with Crippen LogP contribution in [-0.4, -0.2) is 14.5 Å². The van der Waals surface area contributed by atoms with Gasteiger partial charge in [0.15, 0.2) is 0 Å². The average molecular weight is 486 g/mol. The summed E-state index contributed by atoms with van der Waals surface area (Å²) in [4.78, 5) is 10.1. The Hall–Kier alpha value is -5.02. The van der Waals surface area contributed by atoms with Gasteiger partial charge in [-0.1, -0.05) is 103 Å². The van der Waals surface area contributed by atoms with Gasteiger partial charge in [-0.25, -0.2) is 4.98 Å². The second-order valence-corrected chi connectivity index (χ2v) is 9.93. The van der Waals surface area contributed by atoms with E-state index < -0.39 is 0 Å². The molecule has 0 aliphatic carbocycles. The number of para-hydroxylation sites is 1. The zero-order valence-corrected chi connectivity index (χ0v) is 20.9. The number of nitrogens with zero attached hydrogens (tertiary/aromatic N) is 3. The normalized spacial score (nSPS) is 11.8. The van der Waals surface area contributed by atoms with Crippen molar-refractivity contribution in [2.75, 3.05) is 0 Å². The van der Waals surface area contributed by atoms with E-state index in [0.29, 0.717) is 0 Å². The van der Waals surface area contributed by atoms with Gasteiger partial charge in [-0.2, -0.15) is 0 Å². The first-order valence-electron chi connectivity index (χ1n) is 12.9. The Morgan fingerprint density at radius 1 is 0.474 bits per heavy atom. The van der Waals surface area contributed by atoms with Gasteiger partial charge in [-0.05, 0) is 34.0 Å². The van der Waals surface area contributed by atoms with Crippen molar-refractivity contribution < 1.29 is 0 Å². The average Bonchev–Trinajstić information content (AvgIpc) is 3.28. The van der Waals surface area contributed by atoms with Crippen LogP contribution in [0.3, 0.4) is 0 Å². The maximum absolute atomic E-state index is 5.14. The molecule has 0 unspecified atom stereocenters. The number of aryl methyl sites for hydroxylation is 1. The van der Waals surface area contributed by atoms with Crippen molar-refractivity contribution in [1.29, 1.82) is 0 Å². The molecule has 38 heavy (non-hydrogen) atoms. The third kappa shape index (κ3) is 3.02. The zero-order valence-electron chi connectivity index (χ0n) is 20.9. The zero-order chi connectivity index (χ0) is 25.2. The number of fused-ring (bicyclic) bond motifs is 9. The van der Waals surface area contributed by atoms with E-state index in [0.717, 1.165) is 33.1 Å². The van der Waals surface area contributed by atoms with E-state index in [9.17, 15) is 0 Å². The molecule has 0 radical (unpaired) electrons. The molecule has 0 bridgehead atoms. The molecule has 0 aliphatic heterocycles. The van der Waals surface area contributed by atoms with Crippen LogP contribution in [0.15, 0.2) is 121 Å². The molecule has 3 heteroatoms. The van der Waals surface area contributed by atoms with Crippen molar-refractivity contribution in [3.8, 4) is 22.4 Å². The van der Waals surface area contributed by atoms with Gasteiger partial charge >= 0.3 is 0 Å². The minimum Gasteiger partial charge on any atom is -0.344 e. The van der Waals surface area contributed by atoms with Crippen molar-refractivity contribution >= 4 is 54.4 Å². The molecule has 2 heterocycles. The second kappa shape index (κ2) is 7.99. The Labute approximate surface area is 219 Å². The Morgan fingerprint density at radius 2 is 1.03 bits per heavy atom. The van der Waals surface area contributed by atoms with E-state index in [1.165, 1.54) is 43.7 Å². The van der Waals surface area contributed by atoms with Gasteiger partial charge < -0.3 is 4.57 Å². The van der Waals surface area contributed by atoms with Crippen LogP contribution in [0.2, 0.25) is 0 Å². The summed E-state index contributed by atoms with van der Waals surface area (Å²) in [5.41, 5.74) is 8.73. The molecule has 2 aromatic heterocycles. The highest BCUT2D eigenvalue weighted by molar-refractivity contribution is 6.23. The molecule has 0 fully saturated rings. The summed E-state index contributed by atoms with van der Waals surface area (Å²) in [6, 6.07) is 41.0. The van der Waals surface area contributed by atoms with E-state index >= 15 is 0 Å². The molecule has 8 rings (SSSR count). The first kappa shape index (κ1) is 21.1. The maximum Gasteiger partial charge on any atom is 0.0979 e. The van der Waals surface area contributed by atoms with E-state index in [2.05, 4.69) is 127 Å². The van der Waals surface area contributed by atoms with E-state index in [1.807, 2.05) is 6.20 Å². The Kier molecular flexibility index (Phi) is 4.44. The van der Waals surface area contributed by atoms with Crippen LogP contribution in [-0.2, 0) is 7.05 Å². The van der Waals surface area contributed by atoms with Crippen LogP contribution in [0.4, 0.5) is 0 Å². The predicted molar refractivity (Wildman–Crippen MR) is 159 cm³/mol. The number of benzene rings is 6. The number of aromatic nitrogens is 3. The molecule has 8 aromatic rings. The number of hydrogen-bond donors (Lipinski definition) is 0. The molecule has 0 N–H and O–H groups in total. The van der Waals surface area contributed by atoms with Crippen molar-refractivity contribution in [3.63, 3.8) is 0 Å². The predicted octanol–water partition coefficient (Wildman–Crippen LogP) is 8.92. The topological polar surface area (TPSA) is 30.7 Å². The molecular weight excluding hydrogens is 462 g/mol. The largest absolute Gasteiger partial charge is 0.344 e. The number of hydrogen-bond acceptors (Lipinski definition) is 2. The highest BCUT2D eigenvalue weighted by Gasteiger charge is 2.13. The van der Waals surface area contributed by atoms with E-state index in [4.69, 9.17) is 9.97 Å². The lowest BCUT2D eigenvalue weighted by Gasteiger charge is -2.10. The fourth-order valence-corrected chi connectivity index (χ4v) is 5.94. The lowest BCUT2D eigenvalue weighted by atomic mass is 9.99. The summed E-state index contributed by atoms with van der Waals surface area (Å²) in [5, 5.41) is 7.28. The maximum atomic E-state index is 5.14. The number of rotatable bonds is 2. The van der Waals surface area contributed by atoms with Crippen LogP contribution < -0.4 is 0 Å². The molecule has 0 aliphatic rings. The molecule has 6 aromatic carbocycles. The standard InChI is InChI=1S/C35H23N3/c1-38-32-13-7-6-10-27(32)28-19-18-24(20-33(28)38)22-14-16-23(17-15-22)31-21-36-34-29-11-4-2-8-25(29)26-9-3-5-12-30(26)35(34)37-31/h2-21H,1H3.